The van der Waals surface area contributed by atoms with Gasteiger partial charge in [0.05, 0.1) is 24.4 Å². The first-order valence-electron chi connectivity index (χ1n) is 7.99. The topological polar surface area (TPSA) is 79.2 Å². The summed E-state index contributed by atoms with van der Waals surface area (Å²) >= 11 is 0. The Bertz CT molecular complexity index is 525. The van der Waals surface area contributed by atoms with Crippen LogP contribution in [0, 0.1) is 6.92 Å². The Hall–Kier alpha value is -1.40. The molecule has 0 saturated heterocycles. The summed E-state index contributed by atoms with van der Waals surface area (Å²) in [5, 5.41) is 20.2. The largest absolute Gasteiger partial charge is 0.394 e. The first kappa shape index (κ1) is 17.0. The molecule has 0 spiro atoms. The molecule has 0 atom stereocenters. The van der Waals surface area contributed by atoms with Crippen LogP contribution in [-0.4, -0.2) is 39.5 Å². The summed E-state index contributed by atoms with van der Waals surface area (Å²) in [6, 6.07) is 1.88. The Morgan fingerprint density at radius 1 is 1.41 bits per heavy atom. The zero-order chi connectivity index (χ0) is 16.4. The Morgan fingerprint density at radius 2 is 2.05 bits per heavy atom. The number of aliphatic hydroxyl groups is 1. The maximum absolute atomic E-state index is 12.2. The van der Waals surface area contributed by atoms with E-state index in [1.54, 1.807) is 0 Å². The third-order valence-corrected chi connectivity index (χ3v) is 4.22. The number of aryl methyl sites for hydroxylation is 1. The van der Waals surface area contributed by atoms with Gasteiger partial charge < -0.3 is 15.7 Å². The molecular weight excluding hydrogens is 280 g/mol. The lowest BCUT2D eigenvalue weighted by molar-refractivity contribution is -0.115. The molecule has 1 amide bonds. The summed E-state index contributed by atoms with van der Waals surface area (Å²) in [6.07, 6.45) is 4.06. The number of carbonyl (C=O) groups excluding carboxylic acids is 1. The van der Waals surface area contributed by atoms with Crippen LogP contribution in [0.25, 0.3) is 0 Å². The summed E-state index contributed by atoms with van der Waals surface area (Å²) in [7, 11) is 0. The average Bonchev–Trinajstić information content (AvgIpc) is 3.03. The van der Waals surface area contributed by atoms with Gasteiger partial charge in [0.25, 0.3) is 0 Å². The van der Waals surface area contributed by atoms with Crippen molar-refractivity contribution in [1.82, 2.24) is 15.1 Å². The van der Waals surface area contributed by atoms with E-state index in [4.69, 9.17) is 0 Å². The number of aromatic nitrogens is 2. The van der Waals surface area contributed by atoms with Crippen molar-refractivity contribution in [1.29, 1.82) is 0 Å². The van der Waals surface area contributed by atoms with Gasteiger partial charge in [0, 0.05) is 11.6 Å². The standard InChI is InChI=1S/C16H28N4O2/c1-12-9-13(20(19-12)15(2,3)4)18-14(22)10-17-16(11-21)7-5-6-8-16/h9,17,21H,5-8,10-11H2,1-4H3,(H,18,22). The zero-order valence-corrected chi connectivity index (χ0v) is 14.1. The fourth-order valence-electron chi connectivity index (χ4n) is 3.00. The molecule has 3 N–H and O–H groups in total. The van der Waals surface area contributed by atoms with Crippen molar-refractivity contribution >= 4 is 11.7 Å². The highest BCUT2D eigenvalue weighted by atomic mass is 16.3. The van der Waals surface area contributed by atoms with Crippen LogP contribution in [0.15, 0.2) is 6.07 Å². The molecule has 0 bridgehead atoms. The summed E-state index contributed by atoms with van der Waals surface area (Å²) in [6.45, 7) is 8.34. The maximum atomic E-state index is 12.2. The Labute approximate surface area is 132 Å². The molecule has 6 heteroatoms. The summed E-state index contributed by atoms with van der Waals surface area (Å²) in [5.41, 5.74) is 0.403. The minimum atomic E-state index is -0.280. The van der Waals surface area contributed by atoms with Crippen molar-refractivity contribution < 1.29 is 9.90 Å². The third kappa shape index (κ3) is 3.87. The van der Waals surface area contributed by atoms with Crippen LogP contribution in [0.1, 0.15) is 52.1 Å². The maximum Gasteiger partial charge on any atom is 0.239 e. The Balaban J connectivity index is 1.98. The number of nitrogens with one attached hydrogen (secondary N) is 2. The summed E-state index contributed by atoms with van der Waals surface area (Å²) in [4.78, 5) is 12.2. The SMILES string of the molecule is Cc1cc(NC(=O)CNC2(CO)CCCC2)n(C(C)(C)C)n1. The normalized spacial score (nSPS) is 17.7. The van der Waals surface area contributed by atoms with Crippen LogP contribution >= 0.6 is 0 Å². The van der Waals surface area contributed by atoms with Crippen LogP contribution in [-0.2, 0) is 10.3 Å². The van der Waals surface area contributed by atoms with E-state index in [0.29, 0.717) is 5.82 Å². The number of aliphatic hydroxyl groups excluding tert-OH is 1. The molecular formula is C16H28N4O2. The van der Waals surface area contributed by atoms with Crippen molar-refractivity contribution in [2.24, 2.45) is 0 Å². The Morgan fingerprint density at radius 3 is 2.59 bits per heavy atom. The van der Waals surface area contributed by atoms with Crippen molar-refractivity contribution in [3.8, 4) is 0 Å². The zero-order valence-electron chi connectivity index (χ0n) is 14.1. The predicted octanol–water partition coefficient (Wildman–Crippen LogP) is 1.78. The smallest absolute Gasteiger partial charge is 0.239 e. The van der Waals surface area contributed by atoms with Crippen molar-refractivity contribution in [3.05, 3.63) is 11.8 Å². The van der Waals surface area contributed by atoms with Gasteiger partial charge in [-0.3, -0.25) is 4.79 Å². The van der Waals surface area contributed by atoms with Crippen LogP contribution in [0.4, 0.5) is 5.82 Å². The summed E-state index contributed by atoms with van der Waals surface area (Å²) in [5.74, 6) is 0.603. The van der Waals surface area contributed by atoms with Crippen molar-refractivity contribution in [2.75, 3.05) is 18.5 Å². The van der Waals surface area contributed by atoms with Crippen molar-refractivity contribution in [3.63, 3.8) is 0 Å². The molecule has 1 aromatic rings. The third-order valence-electron chi connectivity index (χ3n) is 4.22. The van der Waals surface area contributed by atoms with E-state index in [-0.39, 0.29) is 30.1 Å². The quantitative estimate of drug-likeness (QED) is 0.775. The molecule has 1 aliphatic carbocycles. The molecule has 0 radical (unpaired) electrons. The van der Waals surface area contributed by atoms with E-state index in [9.17, 15) is 9.90 Å². The van der Waals surface area contributed by atoms with E-state index in [1.807, 2.05) is 38.4 Å². The number of hydrogen-bond donors (Lipinski definition) is 3. The number of carbonyl (C=O) groups is 1. The van der Waals surface area contributed by atoms with Crippen LogP contribution in [0.5, 0.6) is 0 Å². The van der Waals surface area contributed by atoms with E-state index in [1.165, 1.54) is 0 Å². The molecule has 6 nitrogen and oxygen atoms in total. The average molecular weight is 308 g/mol. The molecule has 0 unspecified atom stereocenters. The molecule has 124 valence electrons. The van der Waals surface area contributed by atoms with E-state index in [0.717, 1.165) is 31.4 Å². The van der Waals surface area contributed by atoms with Crippen LogP contribution in [0.2, 0.25) is 0 Å². The summed E-state index contributed by atoms with van der Waals surface area (Å²) < 4.78 is 1.83. The van der Waals surface area contributed by atoms with E-state index >= 15 is 0 Å². The number of hydrogen-bond acceptors (Lipinski definition) is 4. The highest BCUT2D eigenvalue weighted by Crippen LogP contribution is 2.29. The number of amides is 1. The molecule has 0 aliphatic heterocycles. The highest BCUT2D eigenvalue weighted by molar-refractivity contribution is 5.91. The molecule has 1 aromatic heterocycles. The monoisotopic (exact) mass is 308 g/mol. The lowest BCUT2D eigenvalue weighted by atomic mass is 9.99. The molecule has 22 heavy (non-hydrogen) atoms. The van der Waals surface area contributed by atoms with Gasteiger partial charge in [0.15, 0.2) is 0 Å². The molecule has 0 aromatic carbocycles. The molecule has 1 saturated carbocycles. The van der Waals surface area contributed by atoms with Gasteiger partial charge in [-0.25, -0.2) is 4.68 Å². The van der Waals surface area contributed by atoms with Gasteiger partial charge in [0.2, 0.25) is 5.91 Å². The number of rotatable bonds is 5. The predicted molar refractivity (Wildman–Crippen MR) is 86.9 cm³/mol. The van der Waals surface area contributed by atoms with Crippen LogP contribution < -0.4 is 10.6 Å². The van der Waals surface area contributed by atoms with Crippen LogP contribution in [0.3, 0.4) is 0 Å². The molecule has 1 aliphatic rings. The fraction of sp³-hybridized carbons (Fsp3) is 0.750. The Kier molecular flexibility index (Phi) is 4.92. The van der Waals surface area contributed by atoms with Crippen molar-refractivity contribution in [2.45, 2.75) is 64.5 Å². The number of anilines is 1. The van der Waals surface area contributed by atoms with Gasteiger partial charge in [-0.05, 0) is 40.5 Å². The van der Waals surface area contributed by atoms with Gasteiger partial charge in [-0.15, -0.1) is 0 Å². The lowest BCUT2D eigenvalue weighted by Gasteiger charge is -2.28. The first-order valence-corrected chi connectivity index (χ1v) is 7.99. The van der Waals surface area contributed by atoms with Gasteiger partial charge in [-0.2, -0.15) is 5.10 Å². The number of nitrogens with zero attached hydrogens (tertiary/aromatic N) is 2. The first-order chi connectivity index (χ1) is 10.3. The van der Waals surface area contributed by atoms with Gasteiger partial charge in [-0.1, -0.05) is 12.8 Å². The second-order valence-electron chi connectivity index (χ2n) is 7.30. The van der Waals surface area contributed by atoms with Gasteiger partial charge in [0.1, 0.15) is 5.82 Å². The van der Waals surface area contributed by atoms with Gasteiger partial charge >= 0.3 is 0 Å². The highest BCUT2D eigenvalue weighted by Gasteiger charge is 2.33. The minimum absolute atomic E-state index is 0.0827. The van der Waals surface area contributed by atoms with E-state index in [2.05, 4.69) is 15.7 Å². The molecule has 1 fully saturated rings. The lowest BCUT2D eigenvalue weighted by Crippen LogP contribution is -2.49. The minimum Gasteiger partial charge on any atom is -0.394 e. The second-order valence-corrected chi connectivity index (χ2v) is 7.30. The molecule has 2 rings (SSSR count). The fourth-order valence-corrected chi connectivity index (χ4v) is 3.00. The van der Waals surface area contributed by atoms with E-state index < -0.39 is 0 Å². The second kappa shape index (κ2) is 6.38. The molecule has 1 heterocycles.